The molecule has 0 spiro atoms. The standard InChI is InChI=1S/C22H25NO5S/c1-3-4-17-28-19-13-15-20(16-14-19)29(25,26)23-21(22(24)27-2)12-8-11-18-9-6-5-7-10-18/h5-7,9-10,13-16,21,23H,3-4,12,17H2,1-2H3. The third kappa shape index (κ3) is 7.26. The Morgan fingerprint density at radius 1 is 1.10 bits per heavy atom. The van der Waals surface area contributed by atoms with Crippen molar-refractivity contribution in [1.29, 1.82) is 0 Å². The highest BCUT2D eigenvalue weighted by molar-refractivity contribution is 7.89. The van der Waals surface area contributed by atoms with Crippen molar-refractivity contribution in [2.75, 3.05) is 13.7 Å². The number of ether oxygens (including phenoxy) is 2. The van der Waals surface area contributed by atoms with Crippen molar-refractivity contribution in [3.63, 3.8) is 0 Å². The normalized spacial score (nSPS) is 11.8. The van der Waals surface area contributed by atoms with Crippen LogP contribution < -0.4 is 9.46 Å². The molecule has 0 aliphatic rings. The molecule has 0 amide bonds. The number of unbranched alkanes of at least 4 members (excludes halogenated alkanes) is 1. The molecule has 0 radical (unpaired) electrons. The van der Waals surface area contributed by atoms with E-state index in [1.54, 1.807) is 12.1 Å². The first kappa shape index (κ1) is 22.5. The molecule has 1 N–H and O–H groups in total. The fourth-order valence-corrected chi connectivity index (χ4v) is 3.58. The summed E-state index contributed by atoms with van der Waals surface area (Å²) >= 11 is 0. The number of methoxy groups -OCH3 is 1. The molecule has 0 fully saturated rings. The number of esters is 1. The van der Waals surface area contributed by atoms with Crippen LogP contribution in [0.1, 0.15) is 31.7 Å². The molecule has 0 heterocycles. The van der Waals surface area contributed by atoms with Crippen LogP contribution in [-0.2, 0) is 19.6 Å². The highest BCUT2D eigenvalue weighted by atomic mass is 32.2. The second-order valence-corrected chi connectivity index (χ2v) is 7.96. The summed E-state index contributed by atoms with van der Waals surface area (Å²) in [5.41, 5.74) is 0.776. The predicted octanol–water partition coefficient (Wildman–Crippen LogP) is 3.13. The number of carbonyl (C=O) groups is 1. The molecule has 0 saturated carbocycles. The average Bonchev–Trinajstić information content (AvgIpc) is 2.73. The lowest BCUT2D eigenvalue weighted by Crippen LogP contribution is -2.41. The van der Waals surface area contributed by atoms with Crippen molar-refractivity contribution < 1.29 is 22.7 Å². The second-order valence-electron chi connectivity index (χ2n) is 6.24. The molecular weight excluding hydrogens is 390 g/mol. The van der Waals surface area contributed by atoms with Gasteiger partial charge < -0.3 is 9.47 Å². The lowest BCUT2D eigenvalue weighted by Gasteiger charge is -2.14. The molecule has 2 aromatic rings. The van der Waals surface area contributed by atoms with Crippen LogP contribution in [0.25, 0.3) is 0 Å². The van der Waals surface area contributed by atoms with Gasteiger partial charge in [0.1, 0.15) is 11.8 Å². The van der Waals surface area contributed by atoms with Gasteiger partial charge in [-0.25, -0.2) is 8.42 Å². The fourth-order valence-electron chi connectivity index (χ4n) is 2.40. The van der Waals surface area contributed by atoms with E-state index in [-0.39, 0.29) is 11.3 Å². The molecule has 1 atom stereocenters. The molecule has 1 unspecified atom stereocenters. The first-order chi connectivity index (χ1) is 14.0. The summed E-state index contributed by atoms with van der Waals surface area (Å²) in [7, 11) is -2.72. The Bertz CT molecular complexity index is 944. The molecule has 29 heavy (non-hydrogen) atoms. The van der Waals surface area contributed by atoms with E-state index < -0.39 is 22.0 Å². The van der Waals surface area contributed by atoms with Crippen molar-refractivity contribution >= 4 is 16.0 Å². The van der Waals surface area contributed by atoms with Gasteiger partial charge >= 0.3 is 5.97 Å². The van der Waals surface area contributed by atoms with Crippen LogP contribution in [0.15, 0.2) is 59.5 Å². The van der Waals surface area contributed by atoms with Crippen LogP contribution >= 0.6 is 0 Å². The number of benzene rings is 2. The Kier molecular flexibility index (Phi) is 8.71. The van der Waals surface area contributed by atoms with Crippen LogP contribution in [0, 0.1) is 11.8 Å². The zero-order valence-electron chi connectivity index (χ0n) is 16.6. The zero-order chi connectivity index (χ0) is 21.1. The summed E-state index contributed by atoms with van der Waals surface area (Å²) in [6, 6.07) is 14.2. The highest BCUT2D eigenvalue weighted by Crippen LogP contribution is 2.17. The van der Waals surface area contributed by atoms with E-state index >= 15 is 0 Å². The lowest BCUT2D eigenvalue weighted by molar-refractivity contribution is -0.142. The number of carbonyl (C=O) groups excluding carboxylic acids is 1. The van der Waals surface area contributed by atoms with Gasteiger partial charge in [0, 0.05) is 12.0 Å². The summed E-state index contributed by atoms with van der Waals surface area (Å²) in [6.45, 7) is 2.64. The minimum atomic E-state index is -3.93. The number of hydrogen-bond donors (Lipinski definition) is 1. The molecule has 2 rings (SSSR count). The minimum absolute atomic E-state index is 0.0149. The van der Waals surface area contributed by atoms with Gasteiger partial charge in [-0.3, -0.25) is 4.79 Å². The minimum Gasteiger partial charge on any atom is -0.494 e. The van der Waals surface area contributed by atoms with Crippen molar-refractivity contribution in [2.45, 2.75) is 37.1 Å². The van der Waals surface area contributed by atoms with Crippen LogP contribution in [0.4, 0.5) is 0 Å². The maximum atomic E-state index is 12.7. The maximum absolute atomic E-state index is 12.7. The maximum Gasteiger partial charge on any atom is 0.324 e. The van der Waals surface area contributed by atoms with Crippen molar-refractivity contribution in [2.24, 2.45) is 0 Å². The summed E-state index contributed by atoms with van der Waals surface area (Å²) in [5.74, 6) is 5.63. The summed E-state index contributed by atoms with van der Waals surface area (Å²) in [5, 5.41) is 0. The van der Waals surface area contributed by atoms with Gasteiger partial charge in [-0.15, -0.1) is 0 Å². The van der Waals surface area contributed by atoms with Crippen molar-refractivity contribution in [3.05, 3.63) is 60.2 Å². The van der Waals surface area contributed by atoms with Gasteiger partial charge in [-0.05, 0) is 42.8 Å². The lowest BCUT2D eigenvalue weighted by atomic mass is 10.2. The van der Waals surface area contributed by atoms with E-state index in [1.165, 1.54) is 19.2 Å². The monoisotopic (exact) mass is 415 g/mol. The number of nitrogens with one attached hydrogen (secondary N) is 1. The molecule has 0 bridgehead atoms. The zero-order valence-corrected chi connectivity index (χ0v) is 17.4. The molecule has 2 aromatic carbocycles. The summed E-state index contributed by atoms with van der Waals surface area (Å²) in [6.07, 6.45) is 1.92. The molecule has 0 saturated heterocycles. The van der Waals surface area contributed by atoms with E-state index in [0.29, 0.717) is 12.4 Å². The van der Waals surface area contributed by atoms with E-state index in [0.717, 1.165) is 18.4 Å². The molecule has 6 nitrogen and oxygen atoms in total. The largest absolute Gasteiger partial charge is 0.494 e. The Hall–Kier alpha value is -2.82. The van der Waals surface area contributed by atoms with E-state index in [2.05, 4.69) is 23.5 Å². The van der Waals surface area contributed by atoms with Gasteiger partial charge in [0.2, 0.25) is 10.0 Å². The number of sulfonamides is 1. The number of hydrogen-bond acceptors (Lipinski definition) is 5. The van der Waals surface area contributed by atoms with Gasteiger partial charge in [0.25, 0.3) is 0 Å². The van der Waals surface area contributed by atoms with E-state index in [4.69, 9.17) is 9.47 Å². The van der Waals surface area contributed by atoms with Gasteiger partial charge in [0.05, 0.1) is 18.6 Å². The van der Waals surface area contributed by atoms with E-state index in [9.17, 15) is 13.2 Å². The summed E-state index contributed by atoms with van der Waals surface area (Å²) in [4.78, 5) is 12.1. The first-order valence-corrected chi connectivity index (χ1v) is 10.8. The number of rotatable bonds is 9. The highest BCUT2D eigenvalue weighted by Gasteiger charge is 2.25. The van der Waals surface area contributed by atoms with Crippen LogP contribution in [0.5, 0.6) is 5.75 Å². The summed E-state index contributed by atoms with van der Waals surface area (Å²) < 4.78 is 37.9. The molecule has 154 valence electrons. The topological polar surface area (TPSA) is 81.7 Å². The molecular formula is C22H25NO5S. The van der Waals surface area contributed by atoms with Gasteiger partial charge in [-0.1, -0.05) is 43.4 Å². The van der Waals surface area contributed by atoms with E-state index in [1.807, 2.05) is 30.3 Å². The Labute approximate surface area is 172 Å². The van der Waals surface area contributed by atoms with Crippen molar-refractivity contribution in [3.8, 4) is 17.6 Å². The van der Waals surface area contributed by atoms with Crippen molar-refractivity contribution in [1.82, 2.24) is 4.72 Å². The predicted molar refractivity (Wildman–Crippen MR) is 111 cm³/mol. The molecule has 0 aromatic heterocycles. The SMILES string of the molecule is CCCCOc1ccc(S(=O)(=O)NC(CC#Cc2ccccc2)C(=O)OC)cc1. The molecule has 7 heteroatoms. The Morgan fingerprint density at radius 2 is 1.79 bits per heavy atom. The second kappa shape index (κ2) is 11.2. The Balaban J connectivity index is 2.08. The first-order valence-electron chi connectivity index (χ1n) is 9.33. The van der Waals surface area contributed by atoms with Crippen LogP contribution in [0.3, 0.4) is 0 Å². The van der Waals surface area contributed by atoms with Crippen LogP contribution in [0.2, 0.25) is 0 Å². The third-order valence-electron chi connectivity index (χ3n) is 4.00. The third-order valence-corrected chi connectivity index (χ3v) is 5.48. The Morgan fingerprint density at radius 3 is 2.41 bits per heavy atom. The quantitative estimate of drug-likeness (QED) is 0.387. The molecule has 0 aliphatic heterocycles. The average molecular weight is 416 g/mol. The fraction of sp³-hybridized carbons (Fsp3) is 0.318. The molecule has 0 aliphatic carbocycles. The van der Waals surface area contributed by atoms with Gasteiger partial charge in [-0.2, -0.15) is 4.72 Å². The van der Waals surface area contributed by atoms with Gasteiger partial charge in [0.15, 0.2) is 0 Å². The smallest absolute Gasteiger partial charge is 0.324 e. The van der Waals surface area contributed by atoms with Crippen LogP contribution in [-0.4, -0.2) is 34.1 Å².